The van der Waals surface area contributed by atoms with E-state index >= 15 is 0 Å². The second-order valence-corrected chi connectivity index (χ2v) is 10.5. The average molecular weight is 647 g/mol. The van der Waals surface area contributed by atoms with E-state index in [0.29, 0.717) is 58.1 Å². The average Bonchev–Trinajstić information content (AvgIpc) is 3.03. The zero-order valence-corrected chi connectivity index (χ0v) is 25.8. The third kappa shape index (κ3) is 8.43. The van der Waals surface area contributed by atoms with Gasteiger partial charge in [0, 0.05) is 58.7 Å². The molecular weight excluding hydrogens is 618 g/mol. The summed E-state index contributed by atoms with van der Waals surface area (Å²) in [5.74, 6) is -6.12. The molecule has 0 unspecified atom stereocenters. The highest BCUT2D eigenvalue weighted by Crippen LogP contribution is 2.38. The number of halogens is 6. The van der Waals surface area contributed by atoms with Gasteiger partial charge in [-0.1, -0.05) is 60.7 Å². The zero-order chi connectivity index (χ0) is 34.2. The van der Waals surface area contributed by atoms with E-state index in [0.717, 1.165) is 5.56 Å². The minimum atomic E-state index is -0.983. The van der Waals surface area contributed by atoms with Crippen LogP contribution in [0, 0.1) is 48.8 Å². The molecule has 0 aliphatic rings. The van der Waals surface area contributed by atoms with Gasteiger partial charge in [0.05, 0.1) is 17.0 Å². The van der Waals surface area contributed by atoms with Crippen molar-refractivity contribution in [2.75, 3.05) is 0 Å². The first kappa shape index (κ1) is 34.4. The van der Waals surface area contributed by atoms with Crippen molar-refractivity contribution in [3.8, 4) is 22.3 Å². The largest absolute Gasteiger partial charge is 0.287 e. The molecule has 1 heterocycles. The van der Waals surface area contributed by atoms with Gasteiger partial charge in [-0.2, -0.15) is 20.4 Å². The number of hydrogen-bond donors (Lipinski definition) is 0. The molecule has 0 aliphatic carbocycles. The van der Waals surface area contributed by atoms with Gasteiger partial charge in [-0.15, -0.1) is 0 Å². The van der Waals surface area contributed by atoms with E-state index in [4.69, 9.17) is 0 Å². The SMILES string of the molecule is C/C(Cc1c(F)cc(F)cc1F)=N/N=C(/C)C(=O)c1ccccc1.Cc1nnc(C)c(-c2c(F)cc(F)cc2F)c1-c1ccccc1. The van der Waals surface area contributed by atoms with Crippen LogP contribution < -0.4 is 0 Å². The van der Waals surface area contributed by atoms with Crippen molar-refractivity contribution in [1.82, 2.24) is 10.2 Å². The van der Waals surface area contributed by atoms with E-state index in [1.807, 2.05) is 30.3 Å². The van der Waals surface area contributed by atoms with Crippen LogP contribution in [-0.4, -0.2) is 27.4 Å². The predicted octanol–water partition coefficient (Wildman–Crippen LogP) is 9.21. The fourth-order valence-corrected chi connectivity index (χ4v) is 4.69. The monoisotopic (exact) mass is 646 g/mol. The van der Waals surface area contributed by atoms with E-state index < -0.39 is 34.9 Å². The van der Waals surface area contributed by atoms with Gasteiger partial charge in [-0.3, -0.25) is 4.79 Å². The van der Waals surface area contributed by atoms with Crippen LogP contribution in [0.5, 0.6) is 0 Å². The van der Waals surface area contributed by atoms with Crippen LogP contribution in [0.2, 0.25) is 0 Å². The van der Waals surface area contributed by atoms with Crippen molar-refractivity contribution < 1.29 is 31.1 Å². The standard InChI is InChI=1S/C18H15F3N2O.C18H13F3N2/c1-11(8-15-16(20)9-14(19)10-17(15)21)22-23-12(2)18(24)13-6-4-3-5-7-13;1-10-16(12-6-4-3-5-7-12)17(11(2)23-22-10)18-14(20)8-13(19)9-15(18)21/h3-7,9-10H,8H2,1-2H3;3-9H,1-2H3/b22-11-,23-12-;. The third-order valence-electron chi connectivity index (χ3n) is 6.92. The lowest BCUT2D eigenvalue weighted by atomic mass is 9.92. The molecule has 0 radical (unpaired) electrons. The Morgan fingerprint density at radius 2 is 1.09 bits per heavy atom. The molecule has 240 valence electrons. The van der Waals surface area contributed by atoms with E-state index in [-0.39, 0.29) is 29.0 Å². The normalized spacial score (nSPS) is 11.6. The number of ketones is 1. The second kappa shape index (κ2) is 15.2. The predicted molar refractivity (Wildman–Crippen MR) is 169 cm³/mol. The summed E-state index contributed by atoms with van der Waals surface area (Å²) in [6.07, 6.45) is -0.172. The summed E-state index contributed by atoms with van der Waals surface area (Å²) in [6.45, 7) is 6.37. The molecule has 0 atom stereocenters. The van der Waals surface area contributed by atoms with E-state index in [1.165, 1.54) is 13.8 Å². The van der Waals surface area contributed by atoms with Crippen molar-refractivity contribution in [2.24, 2.45) is 10.2 Å². The van der Waals surface area contributed by atoms with Gasteiger partial charge in [0.25, 0.3) is 0 Å². The Kier molecular flexibility index (Phi) is 11.1. The second-order valence-electron chi connectivity index (χ2n) is 10.5. The highest BCUT2D eigenvalue weighted by Gasteiger charge is 2.22. The fraction of sp³-hybridized carbons (Fsp3) is 0.139. The smallest absolute Gasteiger partial charge is 0.208 e. The maximum absolute atomic E-state index is 14.3. The number of carbonyl (C=O) groups excluding carboxylic acids is 1. The number of hydrogen-bond acceptors (Lipinski definition) is 5. The summed E-state index contributed by atoms with van der Waals surface area (Å²) in [5.41, 5.74) is 2.89. The number of nitrogens with zero attached hydrogens (tertiary/aromatic N) is 4. The Morgan fingerprint density at radius 3 is 1.62 bits per heavy atom. The molecular formula is C36H28F6N4O. The van der Waals surface area contributed by atoms with Crippen molar-refractivity contribution in [3.63, 3.8) is 0 Å². The Hall–Kier alpha value is -5.45. The fourth-order valence-electron chi connectivity index (χ4n) is 4.69. The lowest BCUT2D eigenvalue weighted by molar-refractivity contribution is 0.106. The zero-order valence-electron chi connectivity index (χ0n) is 25.8. The first-order valence-corrected chi connectivity index (χ1v) is 14.2. The molecule has 5 rings (SSSR count). The van der Waals surface area contributed by atoms with Crippen LogP contribution in [0.4, 0.5) is 26.3 Å². The molecule has 0 spiro atoms. The van der Waals surface area contributed by atoms with Gasteiger partial charge in [0.15, 0.2) is 0 Å². The molecule has 4 aromatic carbocycles. The molecule has 0 bridgehead atoms. The number of benzene rings is 4. The van der Waals surface area contributed by atoms with Crippen LogP contribution in [0.25, 0.3) is 22.3 Å². The quantitative estimate of drug-likeness (QED) is 0.0767. The molecule has 0 saturated heterocycles. The summed E-state index contributed by atoms with van der Waals surface area (Å²) >= 11 is 0. The molecule has 0 N–H and O–H groups in total. The Morgan fingerprint density at radius 1 is 0.617 bits per heavy atom. The van der Waals surface area contributed by atoms with Crippen LogP contribution in [-0.2, 0) is 6.42 Å². The van der Waals surface area contributed by atoms with E-state index in [1.54, 1.807) is 44.2 Å². The van der Waals surface area contributed by atoms with Crippen LogP contribution in [0.3, 0.4) is 0 Å². The molecule has 0 fully saturated rings. The first-order valence-electron chi connectivity index (χ1n) is 14.2. The van der Waals surface area contributed by atoms with Crippen molar-refractivity contribution in [1.29, 1.82) is 0 Å². The molecule has 5 aromatic rings. The van der Waals surface area contributed by atoms with Crippen LogP contribution in [0.15, 0.2) is 95.1 Å². The molecule has 47 heavy (non-hydrogen) atoms. The van der Waals surface area contributed by atoms with Crippen molar-refractivity contribution in [2.45, 2.75) is 34.1 Å². The van der Waals surface area contributed by atoms with Crippen molar-refractivity contribution in [3.05, 3.63) is 142 Å². The molecule has 11 heteroatoms. The van der Waals surface area contributed by atoms with Crippen LogP contribution >= 0.6 is 0 Å². The summed E-state index contributed by atoms with van der Waals surface area (Å²) in [5, 5.41) is 15.7. The number of aryl methyl sites for hydroxylation is 2. The Bertz CT molecular complexity index is 1930. The maximum atomic E-state index is 14.3. The highest BCUT2D eigenvalue weighted by atomic mass is 19.2. The Labute approximate surface area is 267 Å². The minimum Gasteiger partial charge on any atom is -0.287 e. The summed E-state index contributed by atoms with van der Waals surface area (Å²) in [6, 6.07) is 20.3. The molecule has 1 aromatic heterocycles. The van der Waals surface area contributed by atoms with Gasteiger partial charge in [-0.05, 0) is 33.3 Å². The van der Waals surface area contributed by atoms with Gasteiger partial charge in [0.2, 0.25) is 5.78 Å². The lowest BCUT2D eigenvalue weighted by Gasteiger charge is -2.15. The number of carbonyl (C=O) groups is 1. The molecule has 5 nitrogen and oxygen atoms in total. The number of rotatable bonds is 7. The summed E-state index contributed by atoms with van der Waals surface area (Å²) in [4.78, 5) is 12.1. The van der Waals surface area contributed by atoms with Crippen LogP contribution in [0.1, 0.15) is 41.2 Å². The first-order chi connectivity index (χ1) is 22.4. The maximum Gasteiger partial charge on any atom is 0.208 e. The number of Topliss-reactive ketones (excluding diaryl/α,β-unsaturated/α-hetero) is 1. The Balaban J connectivity index is 0.000000213. The van der Waals surface area contributed by atoms with Crippen molar-refractivity contribution >= 4 is 17.2 Å². The third-order valence-corrected chi connectivity index (χ3v) is 6.92. The lowest BCUT2D eigenvalue weighted by Crippen LogP contribution is -2.10. The minimum absolute atomic E-state index is 0.153. The number of aromatic nitrogens is 2. The van der Waals surface area contributed by atoms with Gasteiger partial charge >= 0.3 is 0 Å². The molecule has 0 aliphatic heterocycles. The summed E-state index contributed by atoms with van der Waals surface area (Å²) in [7, 11) is 0. The summed E-state index contributed by atoms with van der Waals surface area (Å²) < 4.78 is 81.8. The highest BCUT2D eigenvalue weighted by molar-refractivity contribution is 6.45. The van der Waals surface area contributed by atoms with Gasteiger partial charge in [-0.25, -0.2) is 26.3 Å². The van der Waals surface area contributed by atoms with E-state index in [9.17, 15) is 31.1 Å². The molecule has 0 saturated carbocycles. The topological polar surface area (TPSA) is 67.6 Å². The van der Waals surface area contributed by atoms with Gasteiger partial charge in [0.1, 0.15) is 40.6 Å². The molecule has 0 amide bonds. The van der Waals surface area contributed by atoms with E-state index in [2.05, 4.69) is 20.4 Å². The van der Waals surface area contributed by atoms with Gasteiger partial charge < -0.3 is 0 Å².